The Hall–Kier alpha value is -0.650. The number of anilines is 1. The first-order chi connectivity index (χ1) is 9.72. The van der Waals surface area contributed by atoms with Crippen LogP contribution in [0.3, 0.4) is 0 Å². The van der Waals surface area contributed by atoms with Gasteiger partial charge in [-0.25, -0.2) is 4.98 Å². The highest BCUT2D eigenvalue weighted by atomic mass is 79.9. The van der Waals surface area contributed by atoms with Crippen molar-refractivity contribution in [2.45, 2.75) is 37.8 Å². The number of β-amino-alcohol motifs (C(OH)–C–C–N with tert-alkyl or cyclic N) is 1. The number of likely N-dealkylation sites (tertiary alicyclic amines) is 1. The van der Waals surface area contributed by atoms with Gasteiger partial charge in [0.1, 0.15) is 10.4 Å². The maximum Gasteiger partial charge on any atom is 0.129 e. The van der Waals surface area contributed by atoms with Crippen molar-refractivity contribution in [1.82, 2.24) is 9.88 Å². The number of rotatable bonds is 2. The Bertz CT molecular complexity index is 448. The van der Waals surface area contributed by atoms with Gasteiger partial charge in [0, 0.05) is 25.7 Å². The van der Waals surface area contributed by atoms with E-state index < -0.39 is 0 Å². The molecule has 2 aliphatic heterocycles. The molecular weight excluding hydrogens is 318 g/mol. The molecule has 0 radical (unpaired) electrons. The van der Waals surface area contributed by atoms with Crippen LogP contribution >= 0.6 is 15.9 Å². The second-order valence-corrected chi connectivity index (χ2v) is 6.64. The van der Waals surface area contributed by atoms with Gasteiger partial charge in [-0.2, -0.15) is 0 Å². The molecule has 2 fully saturated rings. The van der Waals surface area contributed by atoms with E-state index in [1.54, 1.807) is 0 Å². The average molecular weight is 340 g/mol. The monoisotopic (exact) mass is 339 g/mol. The van der Waals surface area contributed by atoms with Crippen LogP contribution in [0.25, 0.3) is 0 Å². The van der Waals surface area contributed by atoms with Crippen LogP contribution in [0.15, 0.2) is 22.8 Å². The number of aromatic nitrogens is 1. The zero-order valence-electron chi connectivity index (χ0n) is 11.7. The summed E-state index contributed by atoms with van der Waals surface area (Å²) < 4.78 is 0.899. The van der Waals surface area contributed by atoms with Gasteiger partial charge in [0.2, 0.25) is 0 Å². The number of halogens is 1. The molecule has 0 bridgehead atoms. The highest BCUT2D eigenvalue weighted by Crippen LogP contribution is 2.24. The molecule has 4 nitrogen and oxygen atoms in total. The van der Waals surface area contributed by atoms with E-state index in [0.29, 0.717) is 6.04 Å². The number of nitrogens with zero attached hydrogens (tertiary/aromatic N) is 3. The Morgan fingerprint density at radius 1 is 1.15 bits per heavy atom. The number of hydrogen-bond donors (Lipinski definition) is 1. The smallest absolute Gasteiger partial charge is 0.129 e. The van der Waals surface area contributed by atoms with Gasteiger partial charge in [0.15, 0.2) is 0 Å². The lowest BCUT2D eigenvalue weighted by Crippen LogP contribution is -2.49. The average Bonchev–Trinajstić information content (AvgIpc) is 2.47. The van der Waals surface area contributed by atoms with E-state index in [1.165, 1.54) is 12.8 Å². The summed E-state index contributed by atoms with van der Waals surface area (Å²) in [7, 11) is 0. The van der Waals surface area contributed by atoms with Crippen molar-refractivity contribution in [2.24, 2.45) is 0 Å². The molecule has 2 saturated heterocycles. The summed E-state index contributed by atoms with van der Waals surface area (Å²) in [6.45, 7) is 4.12. The molecule has 20 heavy (non-hydrogen) atoms. The molecule has 0 aliphatic carbocycles. The Morgan fingerprint density at radius 3 is 2.65 bits per heavy atom. The fourth-order valence-electron chi connectivity index (χ4n) is 3.35. The Morgan fingerprint density at radius 2 is 1.95 bits per heavy atom. The molecule has 1 atom stereocenters. The van der Waals surface area contributed by atoms with Crippen molar-refractivity contribution in [3.8, 4) is 0 Å². The van der Waals surface area contributed by atoms with Crippen LogP contribution in [0.4, 0.5) is 5.82 Å². The second kappa shape index (κ2) is 6.41. The third-order valence-corrected chi connectivity index (χ3v) is 4.87. The minimum Gasteiger partial charge on any atom is -0.392 e. The van der Waals surface area contributed by atoms with Crippen molar-refractivity contribution < 1.29 is 5.11 Å². The summed E-state index contributed by atoms with van der Waals surface area (Å²) in [5.74, 6) is 1.07. The molecule has 0 saturated carbocycles. The minimum atomic E-state index is -0.117. The van der Waals surface area contributed by atoms with Gasteiger partial charge in [-0.3, -0.25) is 4.90 Å². The molecule has 0 amide bonds. The SMILES string of the molecule is O[C@@H]1CCCN(C2CCN(c3cccc(Br)n3)CC2)C1. The molecule has 0 aromatic carbocycles. The minimum absolute atomic E-state index is 0.117. The van der Waals surface area contributed by atoms with Crippen molar-refractivity contribution >= 4 is 21.7 Å². The zero-order valence-corrected chi connectivity index (χ0v) is 13.3. The van der Waals surface area contributed by atoms with Crippen LogP contribution in [-0.2, 0) is 0 Å². The maximum atomic E-state index is 9.80. The molecule has 5 heteroatoms. The Kier molecular flexibility index (Phi) is 4.58. The third-order valence-electron chi connectivity index (χ3n) is 4.43. The Labute approximate surface area is 128 Å². The third kappa shape index (κ3) is 3.32. The molecule has 3 heterocycles. The molecule has 110 valence electrons. The van der Waals surface area contributed by atoms with E-state index in [0.717, 1.165) is 49.4 Å². The van der Waals surface area contributed by atoms with Gasteiger partial charge in [-0.1, -0.05) is 6.07 Å². The van der Waals surface area contributed by atoms with E-state index in [2.05, 4.69) is 36.8 Å². The molecule has 0 spiro atoms. The molecule has 1 aromatic heterocycles. The van der Waals surface area contributed by atoms with Crippen LogP contribution in [0.1, 0.15) is 25.7 Å². The van der Waals surface area contributed by atoms with Gasteiger partial charge >= 0.3 is 0 Å². The standard InChI is InChI=1S/C15H22BrN3O/c16-14-4-1-5-15(17-14)18-9-6-12(7-10-18)19-8-2-3-13(20)11-19/h1,4-5,12-13,20H,2-3,6-11H2/t13-/m1/s1. The van der Waals surface area contributed by atoms with Gasteiger partial charge in [0.25, 0.3) is 0 Å². The van der Waals surface area contributed by atoms with Crippen LogP contribution in [-0.4, -0.2) is 53.3 Å². The summed E-state index contributed by atoms with van der Waals surface area (Å²) in [5.41, 5.74) is 0. The second-order valence-electron chi connectivity index (χ2n) is 5.83. The lowest BCUT2D eigenvalue weighted by molar-refractivity contribution is 0.0398. The summed E-state index contributed by atoms with van der Waals surface area (Å²) >= 11 is 3.44. The number of aliphatic hydroxyl groups excluding tert-OH is 1. The van der Waals surface area contributed by atoms with Gasteiger partial charge in [0.05, 0.1) is 6.10 Å². The first-order valence-corrected chi connectivity index (χ1v) is 8.31. The molecule has 1 aromatic rings. The zero-order chi connectivity index (χ0) is 13.9. The molecule has 1 N–H and O–H groups in total. The van der Waals surface area contributed by atoms with Gasteiger partial charge in [-0.05, 0) is 60.3 Å². The first-order valence-electron chi connectivity index (χ1n) is 7.52. The number of piperidine rings is 2. The van der Waals surface area contributed by atoms with Gasteiger partial charge in [-0.15, -0.1) is 0 Å². The predicted octanol–water partition coefficient (Wildman–Crippen LogP) is 2.27. The van der Waals surface area contributed by atoms with E-state index in [1.807, 2.05) is 12.1 Å². The van der Waals surface area contributed by atoms with E-state index in [-0.39, 0.29) is 6.10 Å². The molecule has 0 unspecified atom stereocenters. The number of pyridine rings is 1. The van der Waals surface area contributed by atoms with Crippen molar-refractivity contribution in [2.75, 3.05) is 31.1 Å². The van der Waals surface area contributed by atoms with E-state index >= 15 is 0 Å². The van der Waals surface area contributed by atoms with Crippen LogP contribution in [0, 0.1) is 0 Å². The molecular formula is C15H22BrN3O. The number of aliphatic hydroxyl groups is 1. The molecule has 3 rings (SSSR count). The topological polar surface area (TPSA) is 39.6 Å². The van der Waals surface area contributed by atoms with Crippen LogP contribution in [0.5, 0.6) is 0 Å². The predicted molar refractivity (Wildman–Crippen MR) is 84.0 cm³/mol. The number of hydrogen-bond acceptors (Lipinski definition) is 4. The first kappa shape index (κ1) is 14.3. The largest absolute Gasteiger partial charge is 0.392 e. The highest BCUT2D eigenvalue weighted by Gasteiger charge is 2.28. The van der Waals surface area contributed by atoms with Crippen LogP contribution in [0.2, 0.25) is 0 Å². The fourth-order valence-corrected chi connectivity index (χ4v) is 3.68. The van der Waals surface area contributed by atoms with Crippen molar-refractivity contribution in [3.05, 3.63) is 22.8 Å². The van der Waals surface area contributed by atoms with Crippen LogP contribution < -0.4 is 4.90 Å². The normalized spacial score (nSPS) is 25.9. The highest BCUT2D eigenvalue weighted by molar-refractivity contribution is 9.10. The van der Waals surface area contributed by atoms with Crippen molar-refractivity contribution in [1.29, 1.82) is 0 Å². The van der Waals surface area contributed by atoms with E-state index in [4.69, 9.17) is 0 Å². The van der Waals surface area contributed by atoms with Gasteiger partial charge < -0.3 is 10.0 Å². The van der Waals surface area contributed by atoms with E-state index in [9.17, 15) is 5.11 Å². The summed E-state index contributed by atoms with van der Waals surface area (Å²) in [4.78, 5) is 9.38. The Balaban J connectivity index is 1.56. The fraction of sp³-hybridized carbons (Fsp3) is 0.667. The summed E-state index contributed by atoms with van der Waals surface area (Å²) in [5, 5.41) is 9.80. The lowest BCUT2D eigenvalue weighted by atomic mass is 9.99. The summed E-state index contributed by atoms with van der Waals surface area (Å²) in [6, 6.07) is 6.72. The quantitative estimate of drug-likeness (QED) is 0.839. The van der Waals surface area contributed by atoms with Crippen molar-refractivity contribution in [3.63, 3.8) is 0 Å². The lowest BCUT2D eigenvalue weighted by Gasteiger charge is -2.41. The molecule has 2 aliphatic rings. The summed E-state index contributed by atoms with van der Waals surface area (Å²) in [6.07, 6.45) is 4.32. The maximum absolute atomic E-state index is 9.80.